The van der Waals surface area contributed by atoms with Crippen LogP contribution in [0.5, 0.6) is 0 Å². The molecule has 2 aliphatic heterocycles. The maximum Gasteiger partial charge on any atom is 0.251 e. The van der Waals surface area contributed by atoms with Crippen molar-refractivity contribution in [3.05, 3.63) is 29.6 Å². The lowest BCUT2D eigenvalue weighted by Crippen LogP contribution is -2.52. The van der Waals surface area contributed by atoms with Gasteiger partial charge in [-0.15, -0.1) is 0 Å². The summed E-state index contributed by atoms with van der Waals surface area (Å²) in [6.07, 6.45) is 1.23. The minimum Gasteiger partial charge on any atom is -0.368 e. The van der Waals surface area contributed by atoms with Gasteiger partial charge in [-0.2, -0.15) is 4.31 Å². The van der Waals surface area contributed by atoms with Crippen LogP contribution in [0.15, 0.2) is 23.1 Å². The lowest BCUT2D eigenvalue weighted by molar-refractivity contribution is -0.142. The number of carbonyl (C=O) groups is 1. The molecule has 6 nitrogen and oxygen atoms in total. The van der Waals surface area contributed by atoms with Gasteiger partial charge < -0.3 is 9.64 Å². The molecule has 0 bridgehead atoms. The molecule has 2 saturated heterocycles. The highest BCUT2D eigenvalue weighted by atomic mass is 32.2. The van der Waals surface area contributed by atoms with Crippen LogP contribution in [0.3, 0.4) is 0 Å². The molecule has 1 unspecified atom stereocenters. The zero-order valence-corrected chi connectivity index (χ0v) is 14.4. The van der Waals surface area contributed by atoms with Crippen LogP contribution in [-0.4, -0.2) is 62.4 Å². The molecule has 132 valence electrons. The summed E-state index contributed by atoms with van der Waals surface area (Å²) in [5, 5.41) is 0. The van der Waals surface area contributed by atoms with E-state index < -0.39 is 15.8 Å². The first-order chi connectivity index (χ1) is 11.4. The molecule has 24 heavy (non-hydrogen) atoms. The van der Waals surface area contributed by atoms with E-state index in [9.17, 15) is 17.6 Å². The second-order valence-electron chi connectivity index (χ2n) is 6.14. The number of piperazine rings is 1. The van der Waals surface area contributed by atoms with Gasteiger partial charge in [0, 0.05) is 32.8 Å². The van der Waals surface area contributed by atoms with Crippen molar-refractivity contribution in [1.82, 2.24) is 9.21 Å². The fraction of sp³-hybridized carbons (Fsp3) is 0.562. The van der Waals surface area contributed by atoms with Crippen molar-refractivity contribution in [1.29, 1.82) is 0 Å². The minimum absolute atomic E-state index is 0.0532. The van der Waals surface area contributed by atoms with Gasteiger partial charge in [0.2, 0.25) is 10.0 Å². The van der Waals surface area contributed by atoms with Crippen molar-refractivity contribution in [3.63, 3.8) is 0 Å². The molecule has 0 spiro atoms. The predicted molar refractivity (Wildman–Crippen MR) is 85.4 cm³/mol. The van der Waals surface area contributed by atoms with E-state index in [1.54, 1.807) is 11.8 Å². The highest BCUT2D eigenvalue weighted by Gasteiger charge is 2.34. The van der Waals surface area contributed by atoms with Crippen molar-refractivity contribution < 1.29 is 22.3 Å². The van der Waals surface area contributed by atoms with E-state index in [2.05, 4.69) is 0 Å². The van der Waals surface area contributed by atoms with Crippen LogP contribution in [0.2, 0.25) is 0 Å². The van der Waals surface area contributed by atoms with E-state index in [-0.39, 0.29) is 30.0 Å². The Balaban J connectivity index is 1.68. The van der Waals surface area contributed by atoms with Gasteiger partial charge in [-0.05, 0) is 43.5 Å². The number of hydrogen-bond donors (Lipinski definition) is 0. The number of ether oxygens (including phenoxy) is 1. The molecule has 2 fully saturated rings. The van der Waals surface area contributed by atoms with Gasteiger partial charge in [0.15, 0.2) is 0 Å². The van der Waals surface area contributed by atoms with E-state index in [4.69, 9.17) is 4.74 Å². The number of aryl methyl sites for hydroxylation is 1. The largest absolute Gasteiger partial charge is 0.368 e. The van der Waals surface area contributed by atoms with Crippen molar-refractivity contribution in [2.75, 3.05) is 32.8 Å². The molecule has 1 amide bonds. The molecule has 2 heterocycles. The quantitative estimate of drug-likeness (QED) is 0.815. The zero-order valence-electron chi connectivity index (χ0n) is 13.6. The zero-order chi connectivity index (χ0) is 17.3. The van der Waals surface area contributed by atoms with Gasteiger partial charge in [0.1, 0.15) is 11.9 Å². The Labute approximate surface area is 141 Å². The molecule has 1 aromatic carbocycles. The average Bonchev–Trinajstić information content (AvgIpc) is 3.08. The number of sulfonamides is 1. The third kappa shape index (κ3) is 3.31. The Kier molecular flexibility index (Phi) is 4.89. The first kappa shape index (κ1) is 17.3. The Bertz CT molecular complexity index is 724. The molecular formula is C16H21FN2O4S. The van der Waals surface area contributed by atoms with Gasteiger partial charge in [0.25, 0.3) is 5.91 Å². The summed E-state index contributed by atoms with van der Waals surface area (Å²) in [7, 11) is -3.68. The van der Waals surface area contributed by atoms with Crippen LogP contribution in [0.1, 0.15) is 18.4 Å². The molecule has 1 atom stereocenters. The first-order valence-electron chi connectivity index (χ1n) is 8.06. The fourth-order valence-corrected chi connectivity index (χ4v) is 4.79. The highest BCUT2D eigenvalue weighted by molar-refractivity contribution is 7.89. The number of carbonyl (C=O) groups excluding carboxylic acids is 1. The molecule has 0 aromatic heterocycles. The molecular weight excluding hydrogens is 335 g/mol. The van der Waals surface area contributed by atoms with Gasteiger partial charge in [0.05, 0.1) is 4.90 Å². The van der Waals surface area contributed by atoms with E-state index in [1.807, 2.05) is 0 Å². The SMILES string of the molecule is Cc1cc(F)ccc1S(=O)(=O)N1CCN(C(=O)C2CCCO2)CC1. The van der Waals surface area contributed by atoms with Crippen LogP contribution in [0.25, 0.3) is 0 Å². The third-order valence-corrected chi connectivity index (χ3v) is 6.57. The summed E-state index contributed by atoms with van der Waals surface area (Å²) in [5.74, 6) is -0.513. The lowest BCUT2D eigenvalue weighted by atomic mass is 10.2. The summed E-state index contributed by atoms with van der Waals surface area (Å²) in [4.78, 5) is 14.1. The number of amides is 1. The Morgan fingerprint density at radius 3 is 2.54 bits per heavy atom. The predicted octanol–water partition coefficient (Wildman–Crippen LogP) is 1.15. The highest BCUT2D eigenvalue weighted by Crippen LogP contribution is 2.23. The van der Waals surface area contributed by atoms with Gasteiger partial charge in [-0.1, -0.05) is 0 Å². The number of halogens is 1. The van der Waals surface area contributed by atoms with Gasteiger partial charge >= 0.3 is 0 Å². The van der Waals surface area contributed by atoms with Crippen LogP contribution in [-0.2, 0) is 19.6 Å². The van der Waals surface area contributed by atoms with Crippen molar-refractivity contribution in [2.45, 2.75) is 30.8 Å². The second kappa shape index (κ2) is 6.78. The standard InChI is InChI=1S/C16H21FN2O4S/c1-12-11-13(17)4-5-15(12)24(21,22)19-8-6-18(7-9-19)16(20)14-3-2-10-23-14/h4-5,11,14H,2-3,6-10H2,1H3. The monoisotopic (exact) mass is 356 g/mol. The normalized spacial score (nSPS) is 22.8. The average molecular weight is 356 g/mol. The van der Waals surface area contributed by atoms with Crippen LogP contribution in [0.4, 0.5) is 4.39 Å². The molecule has 8 heteroatoms. The number of hydrogen-bond acceptors (Lipinski definition) is 4. The number of benzene rings is 1. The van der Waals surface area contributed by atoms with E-state index in [0.717, 1.165) is 18.9 Å². The number of rotatable bonds is 3. The summed E-state index contributed by atoms with van der Waals surface area (Å²) < 4.78 is 45.4. The maximum atomic E-state index is 13.2. The smallest absolute Gasteiger partial charge is 0.251 e. The molecule has 3 rings (SSSR count). The van der Waals surface area contributed by atoms with Crippen molar-refractivity contribution in [3.8, 4) is 0 Å². The van der Waals surface area contributed by atoms with E-state index in [0.29, 0.717) is 25.3 Å². The molecule has 0 radical (unpaired) electrons. The summed E-state index contributed by atoms with van der Waals surface area (Å²) in [6, 6.07) is 3.66. The van der Waals surface area contributed by atoms with Crippen molar-refractivity contribution >= 4 is 15.9 Å². The topological polar surface area (TPSA) is 66.9 Å². The third-order valence-electron chi connectivity index (χ3n) is 4.51. The molecule has 1 aromatic rings. The summed E-state index contributed by atoms with van der Waals surface area (Å²) >= 11 is 0. The summed E-state index contributed by atoms with van der Waals surface area (Å²) in [5.41, 5.74) is 0.382. The molecule has 2 aliphatic rings. The number of nitrogens with zero attached hydrogens (tertiary/aromatic N) is 2. The van der Waals surface area contributed by atoms with E-state index >= 15 is 0 Å². The molecule has 0 N–H and O–H groups in total. The molecule has 0 aliphatic carbocycles. The van der Waals surface area contributed by atoms with E-state index in [1.165, 1.54) is 16.4 Å². The first-order valence-corrected chi connectivity index (χ1v) is 9.50. The Hall–Kier alpha value is -1.51. The van der Waals surface area contributed by atoms with Gasteiger partial charge in [-0.25, -0.2) is 12.8 Å². The molecule has 0 saturated carbocycles. The van der Waals surface area contributed by atoms with Crippen LogP contribution >= 0.6 is 0 Å². The minimum atomic E-state index is -3.68. The Morgan fingerprint density at radius 2 is 1.96 bits per heavy atom. The fourth-order valence-electron chi connectivity index (χ4n) is 3.17. The maximum absolute atomic E-state index is 13.2. The van der Waals surface area contributed by atoms with Crippen LogP contribution < -0.4 is 0 Å². The summed E-state index contributed by atoms with van der Waals surface area (Å²) in [6.45, 7) is 3.34. The second-order valence-corrected chi connectivity index (χ2v) is 8.05. The Morgan fingerprint density at radius 1 is 1.25 bits per heavy atom. The van der Waals surface area contributed by atoms with Gasteiger partial charge in [-0.3, -0.25) is 4.79 Å². The van der Waals surface area contributed by atoms with Crippen molar-refractivity contribution in [2.24, 2.45) is 0 Å². The lowest BCUT2D eigenvalue weighted by Gasteiger charge is -2.35. The van der Waals surface area contributed by atoms with Crippen LogP contribution in [0, 0.1) is 12.7 Å².